The Morgan fingerprint density at radius 1 is 0.909 bits per heavy atom. The van der Waals surface area contributed by atoms with Gasteiger partial charge < -0.3 is 10.6 Å². The number of anilines is 1. The molecule has 7 heteroatoms. The largest absolute Gasteiger partial charge is 0.365 e. The van der Waals surface area contributed by atoms with E-state index in [1.807, 2.05) is 29.2 Å². The van der Waals surface area contributed by atoms with Gasteiger partial charge in [0, 0.05) is 52.6 Å². The van der Waals surface area contributed by atoms with Gasteiger partial charge in [-0.15, -0.1) is 5.10 Å². The van der Waals surface area contributed by atoms with Gasteiger partial charge in [-0.05, 0) is 74.0 Å². The lowest BCUT2D eigenvalue weighted by molar-refractivity contribution is 0.478. The van der Waals surface area contributed by atoms with E-state index < -0.39 is 0 Å². The molecule has 3 aromatic heterocycles. The molecule has 2 aromatic carbocycles. The first-order chi connectivity index (χ1) is 16.3. The van der Waals surface area contributed by atoms with E-state index in [1.54, 1.807) is 24.5 Å². The van der Waals surface area contributed by atoms with Crippen molar-refractivity contribution in [3.8, 4) is 16.8 Å². The van der Waals surface area contributed by atoms with Gasteiger partial charge in [0.25, 0.3) is 0 Å². The fourth-order valence-corrected chi connectivity index (χ4v) is 4.66. The third-order valence-electron chi connectivity index (χ3n) is 6.30. The summed E-state index contributed by atoms with van der Waals surface area (Å²) < 4.78 is 15.6. The Labute approximate surface area is 190 Å². The molecule has 0 aliphatic carbocycles. The predicted octanol–water partition coefficient (Wildman–Crippen LogP) is 4.94. The Morgan fingerprint density at radius 2 is 1.73 bits per heavy atom. The van der Waals surface area contributed by atoms with Crippen LogP contribution in [0.4, 0.5) is 10.2 Å². The number of nitrogens with one attached hydrogen (secondary N) is 2. The Kier molecular flexibility index (Phi) is 4.96. The van der Waals surface area contributed by atoms with E-state index >= 15 is 0 Å². The van der Waals surface area contributed by atoms with Crippen molar-refractivity contribution in [2.45, 2.75) is 18.9 Å². The van der Waals surface area contributed by atoms with Crippen LogP contribution in [0.25, 0.3) is 38.5 Å². The van der Waals surface area contributed by atoms with Crippen molar-refractivity contribution in [3.05, 3.63) is 79.1 Å². The van der Waals surface area contributed by atoms with Gasteiger partial charge in [-0.2, -0.15) is 0 Å². The number of benzene rings is 2. The predicted molar refractivity (Wildman–Crippen MR) is 129 cm³/mol. The first kappa shape index (κ1) is 19.8. The molecule has 0 amide bonds. The third-order valence-corrected chi connectivity index (χ3v) is 6.30. The summed E-state index contributed by atoms with van der Waals surface area (Å²) in [6, 6.07) is 15.0. The zero-order chi connectivity index (χ0) is 22.2. The van der Waals surface area contributed by atoms with Gasteiger partial charge >= 0.3 is 0 Å². The van der Waals surface area contributed by atoms with Crippen LogP contribution in [-0.4, -0.2) is 38.9 Å². The van der Waals surface area contributed by atoms with Gasteiger partial charge in [0.05, 0.1) is 11.2 Å². The summed E-state index contributed by atoms with van der Waals surface area (Å²) in [7, 11) is 0. The zero-order valence-corrected chi connectivity index (χ0v) is 18.0. The fraction of sp³-hybridized carbons (Fsp3) is 0.192. The normalized spacial score (nSPS) is 14.7. The van der Waals surface area contributed by atoms with Crippen LogP contribution < -0.4 is 10.6 Å². The second kappa shape index (κ2) is 8.26. The highest BCUT2D eigenvalue weighted by Gasteiger charge is 2.21. The number of hydrogen-bond donors (Lipinski definition) is 2. The van der Waals surface area contributed by atoms with Crippen molar-refractivity contribution in [1.82, 2.24) is 25.1 Å². The number of piperidine rings is 1. The summed E-state index contributed by atoms with van der Waals surface area (Å²) in [5, 5.41) is 15.2. The number of nitrogens with zero attached hydrogens (tertiary/aromatic N) is 4. The van der Waals surface area contributed by atoms with Crippen LogP contribution in [0.15, 0.2) is 73.3 Å². The van der Waals surface area contributed by atoms with Crippen molar-refractivity contribution in [2.75, 3.05) is 18.4 Å². The first-order valence-corrected chi connectivity index (χ1v) is 11.2. The minimum atomic E-state index is -0.267. The number of rotatable bonds is 4. The molecule has 5 aromatic rings. The maximum atomic E-state index is 13.7. The molecular weight excluding hydrogens is 415 g/mol. The molecule has 0 bridgehead atoms. The van der Waals surface area contributed by atoms with Gasteiger partial charge in [0.2, 0.25) is 0 Å². The van der Waals surface area contributed by atoms with E-state index in [9.17, 15) is 4.39 Å². The molecule has 1 aliphatic rings. The van der Waals surface area contributed by atoms with Crippen molar-refractivity contribution >= 4 is 27.5 Å². The SMILES string of the molecule is Fc1ccc(-n2nc(NC3CCNCC3)c3cc(-c4cccnc4)c4cnccc4c32)cc1. The van der Waals surface area contributed by atoms with Gasteiger partial charge in [-0.25, -0.2) is 9.07 Å². The molecule has 1 saturated heterocycles. The summed E-state index contributed by atoms with van der Waals surface area (Å²) >= 11 is 0. The average molecular weight is 439 g/mol. The summed E-state index contributed by atoms with van der Waals surface area (Å²) in [5.74, 6) is 0.571. The topological polar surface area (TPSA) is 67.7 Å². The molecule has 0 atom stereocenters. The molecule has 0 saturated carbocycles. The number of halogens is 1. The van der Waals surface area contributed by atoms with Gasteiger partial charge in [0.15, 0.2) is 5.82 Å². The highest BCUT2D eigenvalue weighted by molar-refractivity contribution is 6.15. The molecule has 1 fully saturated rings. The van der Waals surface area contributed by atoms with Crippen LogP contribution in [0.2, 0.25) is 0 Å². The monoisotopic (exact) mass is 438 g/mol. The van der Waals surface area contributed by atoms with Crippen LogP contribution in [-0.2, 0) is 0 Å². The Balaban J connectivity index is 1.64. The molecule has 0 radical (unpaired) electrons. The molecule has 6 nitrogen and oxygen atoms in total. The third kappa shape index (κ3) is 3.60. The number of aromatic nitrogens is 4. The van der Waals surface area contributed by atoms with Gasteiger partial charge in [-0.3, -0.25) is 9.97 Å². The van der Waals surface area contributed by atoms with E-state index in [1.165, 1.54) is 12.1 Å². The van der Waals surface area contributed by atoms with E-state index in [2.05, 4.69) is 32.7 Å². The summed E-state index contributed by atoms with van der Waals surface area (Å²) in [6.07, 6.45) is 9.42. The molecule has 0 unspecified atom stereocenters. The van der Waals surface area contributed by atoms with Gasteiger partial charge in [0.1, 0.15) is 5.82 Å². The molecule has 4 heterocycles. The van der Waals surface area contributed by atoms with E-state index in [-0.39, 0.29) is 5.82 Å². The van der Waals surface area contributed by atoms with E-state index in [0.29, 0.717) is 6.04 Å². The first-order valence-electron chi connectivity index (χ1n) is 11.2. The van der Waals surface area contributed by atoms with Crippen molar-refractivity contribution in [2.24, 2.45) is 0 Å². The quantitative estimate of drug-likeness (QED) is 0.416. The number of hydrogen-bond acceptors (Lipinski definition) is 5. The molecule has 33 heavy (non-hydrogen) atoms. The molecule has 6 rings (SSSR count). The summed E-state index contributed by atoms with van der Waals surface area (Å²) in [4.78, 5) is 8.72. The van der Waals surface area contributed by atoms with Crippen LogP contribution >= 0.6 is 0 Å². The van der Waals surface area contributed by atoms with E-state index in [4.69, 9.17) is 5.10 Å². The number of pyridine rings is 2. The Bertz CT molecular complexity index is 1420. The lowest BCUT2D eigenvalue weighted by Crippen LogP contribution is -2.35. The van der Waals surface area contributed by atoms with E-state index in [0.717, 1.165) is 70.2 Å². The Hall–Kier alpha value is -3.84. The molecule has 1 aliphatic heterocycles. The molecule has 2 N–H and O–H groups in total. The highest BCUT2D eigenvalue weighted by atomic mass is 19.1. The van der Waals surface area contributed by atoms with Crippen LogP contribution in [0.3, 0.4) is 0 Å². The smallest absolute Gasteiger partial charge is 0.156 e. The second-order valence-electron chi connectivity index (χ2n) is 8.39. The zero-order valence-electron chi connectivity index (χ0n) is 18.0. The number of fused-ring (bicyclic) bond motifs is 3. The van der Waals surface area contributed by atoms with Crippen LogP contribution in [0.1, 0.15) is 12.8 Å². The maximum Gasteiger partial charge on any atom is 0.156 e. The average Bonchev–Trinajstić information content (AvgIpc) is 3.23. The fourth-order valence-electron chi connectivity index (χ4n) is 4.66. The van der Waals surface area contributed by atoms with Crippen LogP contribution in [0.5, 0.6) is 0 Å². The minimum Gasteiger partial charge on any atom is -0.365 e. The summed E-state index contributed by atoms with van der Waals surface area (Å²) in [5.41, 5.74) is 3.88. The second-order valence-corrected chi connectivity index (χ2v) is 8.39. The lowest BCUT2D eigenvalue weighted by atomic mass is 9.98. The van der Waals surface area contributed by atoms with Crippen molar-refractivity contribution < 1.29 is 4.39 Å². The maximum absolute atomic E-state index is 13.7. The van der Waals surface area contributed by atoms with Crippen molar-refractivity contribution in [1.29, 1.82) is 0 Å². The van der Waals surface area contributed by atoms with Crippen LogP contribution in [0, 0.1) is 5.82 Å². The molecular formula is C26H23FN6. The minimum absolute atomic E-state index is 0.267. The lowest BCUT2D eigenvalue weighted by Gasteiger charge is -2.23. The summed E-state index contributed by atoms with van der Waals surface area (Å²) in [6.45, 7) is 1.98. The highest BCUT2D eigenvalue weighted by Crippen LogP contribution is 2.38. The molecule has 0 spiro atoms. The van der Waals surface area contributed by atoms with Crippen molar-refractivity contribution in [3.63, 3.8) is 0 Å². The molecule has 164 valence electrons. The Morgan fingerprint density at radius 3 is 2.52 bits per heavy atom. The van der Waals surface area contributed by atoms with Gasteiger partial charge in [-0.1, -0.05) is 6.07 Å². The standard InChI is InChI=1S/C26H23FN6/c27-18-3-5-20(6-4-18)33-25-21-9-13-30-16-24(21)22(17-2-1-10-29-15-17)14-23(25)26(32-33)31-19-7-11-28-12-8-19/h1-6,9-10,13-16,19,28H,7-8,11-12H2,(H,31,32).